The number of ether oxygens (including phenoxy) is 1. The highest BCUT2D eigenvalue weighted by Gasteiger charge is 2.01. The lowest BCUT2D eigenvalue weighted by molar-refractivity contribution is 0.141. The lowest BCUT2D eigenvalue weighted by Crippen LogP contribution is -2.04. The zero-order valence-corrected chi connectivity index (χ0v) is 8.17. The van der Waals surface area contributed by atoms with Crippen LogP contribution in [0.5, 0.6) is 5.75 Å². The van der Waals surface area contributed by atoms with E-state index >= 15 is 0 Å². The molecule has 0 atom stereocenters. The Bertz CT molecular complexity index is 278. The van der Waals surface area contributed by atoms with Crippen molar-refractivity contribution in [1.29, 1.82) is 0 Å². The molecule has 0 saturated carbocycles. The van der Waals surface area contributed by atoms with Crippen LogP contribution in [0.2, 0.25) is 5.02 Å². The van der Waals surface area contributed by atoms with E-state index in [4.69, 9.17) is 22.2 Å². The summed E-state index contributed by atoms with van der Waals surface area (Å²) in [5.41, 5.74) is 0.978. The van der Waals surface area contributed by atoms with Gasteiger partial charge >= 0.3 is 0 Å². The molecule has 0 aliphatic carbocycles. The second-order valence-corrected chi connectivity index (χ2v) is 2.99. The van der Waals surface area contributed by atoms with Crippen LogP contribution in [0.15, 0.2) is 18.2 Å². The molecule has 0 bridgehead atoms. The molecule has 0 unspecified atom stereocenters. The van der Waals surface area contributed by atoms with Crippen molar-refractivity contribution in [2.45, 2.75) is 6.42 Å². The normalized spacial score (nSPS) is 10.1. The van der Waals surface area contributed by atoms with Gasteiger partial charge in [-0.2, -0.15) is 0 Å². The fourth-order valence-corrected chi connectivity index (χ4v) is 1.25. The molecular formula is C9H12ClNO2. The molecule has 0 saturated heterocycles. The molecule has 0 heterocycles. The average Bonchev–Trinajstić information content (AvgIpc) is 2.17. The zero-order valence-electron chi connectivity index (χ0n) is 7.42. The molecule has 4 heteroatoms. The molecular weight excluding hydrogens is 190 g/mol. The van der Waals surface area contributed by atoms with Crippen LogP contribution in [0.4, 0.5) is 0 Å². The Balaban J connectivity index is 2.78. The van der Waals surface area contributed by atoms with E-state index in [1.165, 1.54) is 0 Å². The smallest absolute Gasteiger partial charge is 0.119 e. The largest absolute Gasteiger partial charge is 0.497 e. The van der Waals surface area contributed by atoms with Gasteiger partial charge in [-0.3, -0.25) is 0 Å². The summed E-state index contributed by atoms with van der Waals surface area (Å²) in [7, 11) is 1.62. The van der Waals surface area contributed by atoms with Gasteiger partial charge in [0.2, 0.25) is 0 Å². The highest BCUT2D eigenvalue weighted by atomic mass is 35.5. The maximum absolute atomic E-state index is 5.94. The molecule has 0 fully saturated rings. The van der Waals surface area contributed by atoms with Gasteiger partial charge in [0.05, 0.1) is 13.7 Å². The summed E-state index contributed by atoms with van der Waals surface area (Å²) >= 11 is 5.94. The standard InChI is InChI=1S/C9H12ClNO2/c1-12-8-2-3-9(10)7(6-8)4-5-13-11/h2-3,6H,4-5,11H2,1H3. The maximum atomic E-state index is 5.94. The Kier molecular flexibility index (Phi) is 4.02. The molecule has 0 aliphatic heterocycles. The molecule has 3 nitrogen and oxygen atoms in total. The number of halogens is 1. The van der Waals surface area contributed by atoms with Gasteiger partial charge in [-0.1, -0.05) is 11.6 Å². The van der Waals surface area contributed by atoms with Gasteiger partial charge in [-0.25, -0.2) is 5.90 Å². The molecule has 72 valence electrons. The minimum atomic E-state index is 0.451. The molecule has 0 spiro atoms. The van der Waals surface area contributed by atoms with Crippen molar-refractivity contribution in [3.63, 3.8) is 0 Å². The summed E-state index contributed by atoms with van der Waals surface area (Å²) in [4.78, 5) is 4.47. The van der Waals surface area contributed by atoms with Gasteiger partial charge in [0.1, 0.15) is 5.75 Å². The Morgan fingerprint density at radius 1 is 1.46 bits per heavy atom. The Morgan fingerprint density at radius 3 is 2.85 bits per heavy atom. The third-order valence-electron chi connectivity index (χ3n) is 1.74. The monoisotopic (exact) mass is 201 g/mol. The summed E-state index contributed by atoms with van der Waals surface area (Å²) in [5.74, 6) is 5.71. The van der Waals surface area contributed by atoms with E-state index in [-0.39, 0.29) is 0 Å². The zero-order chi connectivity index (χ0) is 9.68. The lowest BCUT2D eigenvalue weighted by Gasteiger charge is -2.05. The Hall–Kier alpha value is -0.770. The van der Waals surface area contributed by atoms with E-state index in [0.29, 0.717) is 18.1 Å². The van der Waals surface area contributed by atoms with E-state index in [1.54, 1.807) is 13.2 Å². The van der Waals surface area contributed by atoms with Crippen molar-refractivity contribution < 1.29 is 9.57 Å². The van der Waals surface area contributed by atoms with Crippen LogP contribution in [0, 0.1) is 0 Å². The van der Waals surface area contributed by atoms with Gasteiger partial charge in [-0.05, 0) is 30.2 Å². The van der Waals surface area contributed by atoms with Gasteiger partial charge in [-0.15, -0.1) is 0 Å². The average molecular weight is 202 g/mol. The predicted octanol–water partition coefficient (Wildman–Crippen LogP) is 1.78. The third-order valence-corrected chi connectivity index (χ3v) is 2.11. The van der Waals surface area contributed by atoms with E-state index in [9.17, 15) is 0 Å². The van der Waals surface area contributed by atoms with Gasteiger partial charge in [0.15, 0.2) is 0 Å². The first kappa shape index (κ1) is 10.3. The van der Waals surface area contributed by atoms with Crippen LogP contribution in [0.1, 0.15) is 5.56 Å². The highest BCUT2D eigenvalue weighted by molar-refractivity contribution is 6.31. The molecule has 0 aromatic heterocycles. The van der Waals surface area contributed by atoms with Crippen molar-refractivity contribution in [3.05, 3.63) is 28.8 Å². The number of hydrogen-bond acceptors (Lipinski definition) is 3. The Morgan fingerprint density at radius 2 is 2.23 bits per heavy atom. The van der Waals surface area contributed by atoms with Gasteiger partial charge < -0.3 is 9.57 Å². The van der Waals surface area contributed by atoms with Gasteiger partial charge in [0, 0.05) is 5.02 Å². The molecule has 1 aromatic rings. The first-order valence-electron chi connectivity index (χ1n) is 3.92. The Labute approximate surface area is 82.4 Å². The van der Waals surface area contributed by atoms with E-state index in [0.717, 1.165) is 11.3 Å². The second-order valence-electron chi connectivity index (χ2n) is 2.58. The summed E-state index contributed by atoms with van der Waals surface area (Å²) in [6, 6.07) is 5.49. The number of nitrogens with two attached hydrogens (primary N) is 1. The number of hydrogen-bond donors (Lipinski definition) is 1. The molecule has 1 aromatic carbocycles. The quantitative estimate of drug-likeness (QED) is 0.756. The van der Waals surface area contributed by atoms with E-state index in [2.05, 4.69) is 4.84 Å². The number of rotatable bonds is 4. The molecule has 13 heavy (non-hydrogen) atoms. The summed E-state index contributed by atoms with van der Waals surface area (Å²) in [5, 5.41) is 0.706. The molecule has 0 amide bonds. The molecule has 0 radical (unpaired) electrons. The third kappa shape index (κ3) is 2.88. The minimum absolute atomic E-state index is 0.451. The van der Waals surface area contributed by atoms with E-state index in [1.807, 2.05) is 12.1 Å². The molecule has 1 rings (SSSR count). The van der Waals surface area contributed by atoms with Crippen molar-refractivity contribution in [1.82, 2.24) is 0 Å². The van der Waals surface area contributed by atoms with Gasteiger partial charge in [0.25, 0.3) is 0 Å². The molecule has 0 aliphatic rings. The van der Waals surface area contributed by atoms with Crippen LogP contribution in [0.3, 0.4) is 0 Å². The van der Waals surface area contributed by atoms with Crippen molar-refractivity contribution in [2.24, 2.45) is 5.90 Å². The minimum Gasteiger partial charge on any atom is -0.497 e. The number of benzene rings is 1. The van der Waals surface area contributed by atoms with E-state index < -0.39 is 0 Å². The summed E-state index contributed by atoms with van der Waals surface area (Å²) in [6.07, 6.45) is 0.687. The lowest BCUT2D eigenvalue weighted by atomic mass is 10.1. The SMILES string of the molecule is COc1ccc(Cl)c(CCON)c1. The van der Waals surface area contributed by atoms with Crippen LogP contribution in [0.25, 0.3) is 0 Å². The highest BCUT2D eigenvalue weighted by Crippen LogP contribution is 2.22. The fourth-order valence-electron chi connectivity index (χ4n) is 1.04. The summed E-state index contributed by atoms with van der Waals surface area (Å²) in [6.45, 7) is 0.451. The predicted molar refractivity (Wildman–Crippen MR) is 51.8 cm³/mol. The molecule has 2 N–H and O–H groups in total. The van der Waals surface area contributed by atoms with Crippen LogP contribution >= 0.6 is 11.6 Å². The van der Waals surface area contributed by atoms with Crippen LogP contribution in [-0.2, 0) is 11.3 Å². The number of methoxy groups -OCH3 is 1. The first-order chi connectivity index (χ1) is 6.27. The first-order valence-corrected chi connectivity index (χ1v) is 4.30. The van der Waals surface area contributed by atoms with Crippen molar-refractivity contribution in [2.75, 3.05) is 13.7 Å². The maximum Gasteiger partial charge on any atom is 0.119 e. The van der Waals surface area contributed by atoms with Crippen LogP contribution in [-0.4, -0.2) is 13.7 Å². The van der Waals surface area contributed by atoms with Crippen molar-refractivity contribution >= 4 is 11.6 Å². The van der Waals surface area contributed by atoms with Crippen LogP contribution < -0.4 is 10.6 Å². The topological polar surface area (TPSA) is 44.5 Å². The fraction of sp³-hybridized carbons (Fsp3) is 0.333. The van der Waals surface area contributed by atoms with Crippen molar-refractivity contribution in [3.8, 4) is 5.75 Å². The summed E-state index contributed by atoms with van der Waals surface area (Å²) < 4.78 is 5.06. The second kappa shape index (κ2) is 5.07.